The first kappa shape index (κ1) is 18.0. The summed E-state index contributed by atoms with van der Waals surface area (Å²) < 4.78 is 58.9. The lowest BCUT2D eigenvalue weighted by molar-refractivity contribution is -0.0884. The second-order valence-corrected chi connectivity index (χ2v) is 5.76. The predicted octanol–water partition coefficient (Wildman–Crippen LogP) is 4.91. The summed E-state index contributed by atoms with van der Waals surface area (Å²) in [6, 6.07) is 11.9. The number of benzene rings is 2. The lowest BCUT2D eigenvalue weighted by Crippen LogP contribution is -2.23. The molecule has 0 saturated carbocycles. The van der Waals surface area contributed by atoms with Gasteiger partial charge in [0.05, 0.1) is 12.1 Å². The number of hydrogen-bond acceptors (Lipinski definition) is 2. The number of Topliss-reactive ketones (excluding diaryl/α,β-unsaturated/α-hetero) is 1. The minimum Gasteiger partial charge on any atom is -0.492 e. The Bertz CT molecular complexity index is 943. The number of aromatic nitrogens is 1. The average molecular weight is 365 g/mol. The van der Waals surface area contributed by atoms with Crippen LogP contribution in [0.4, 0.5) is 17.6 Å². The van der Waals surface area contributed by atoms with Gasteiger partial charge in [-0.15, -0.1) is 0 Å². The zero-order chi connectivity index (χ0) is 18.9. The largest absolute Gasteiger partial charge is 0.492 e. The Balaban J connectivity index is 1.90. The van der Waals surface area contributed by atoms with Gasteiger partial charge in [0.25, 0.3) is 5.78 Å². The van der Waals surface area contributed by atoms with E-state index < -0.39 is 12.0 Å². The fourth-order valence-corrected chi connectivity index (χ4v) is 2.93. The zero-order valence-electron chi connectivity index (χ0n) is 13.8. The second kappa shape index (κ2) is 6.82. The molecule has 1 aromatic heterocycles. The minimum atomic E-state index is -4.94. The number of carbonyl (C=O) groups is 1. The number of rotatable bonds is 5. The molecular weight excluding hydrogens is 350 g/mol. The van der Waals surface area contributed by atoms with E-state index in [2.05, 4.69) is 0 Å². The van der Waals surface area contributed by atoms with Crippen LogP contribution < -0.4 is 4.74 Å². The number of nitrogens with zero attached hydrogens (tertiary/aromatic N) is 1. The number of fused-ring (bicyclic) bond motifs is 1. The molecule has 0 unspecified atom stereocenters. The number of halogens is 4. The van der Waals surface area contributed by atoms with Crippen molar-refractivity contribution < 1.29 is 27.1 Å². The van der Waals surface area contributed by atoms with Crippen LogP contribution in [0.5, 0.6) is 5.75 Å². The number of alkyl halides is 3. The van der Waals surface area contributed by atoms with E-state index >= 15 is 0 Å². The van der Waals surface area contributed by atoms with Crippen LogP contribution >= 0.6 is 0 Å². The first-order valence-corrected chi connectivity index (χ1v) is 7.87. The second-order valence-electron chi connectivity index (χ2n) is 5.76. The highest BCUT2D eigenvalue weighted by Gasteiger charge is 2.41. The Labute approximate surface area is 146 Å². The quantitative estimate of drug-likeness (QED) is 0.475. The van der Waals surface area contributed by atoms with E-state index in [0.29, 0.717) is 11.3 Å². The number of para-hydroxylation sites is 1. The topological polar surface area (TPSA) is 31.2 Å². The maximum Gasteiger partial charge on any atom is 0.454 e. The predicted molar refractivity (Wildman–Crippen MR) is 89.0 cm³/mol. The van der Waals surface area contributed by atoms with Crippen molar-refractivity contribution in [2.45, 2.75) is 19.6 Å². The molecule has 0 atom stereocenters. The normalized spacial score (nSPS) is 11.7. The Kier molecular flexibility index (Phi) is 4.71. The molecule has 0 spiro atoms. The minimum absolute atomic E-state index is 0.158. The van der Waals surface area contributed by atoms with Gasteiger partial charge in [-0.1, -0.05) is 18.2 Å². The molecule has 3 nitrogen and oxygen atoms in total. The van der Waals surface area contributed by atoms with E-state index in [0.717, 1.165) is 0 Å². The molecule has 2 aromatic carbocycles. The van der Waals surface area contributed by atoms with Crippen molar-refractivity contribution in [1.29, 1.82) is 0 Å². The van der Waals surface area contributed by atoms with Crippen molar-refractivity contribution >= 4 is 16.7 Å². The van der Waals surface area contributed by atoms with Gasteiger partial charge in [0, 0.05) is 16.6 Å². The van der Waals surface area contributed by atoms with Gasteiger partial charge >= 0.3 is 6.18 Å². The van der Waals surface area contributed by atoms with Crippen LogP contribution in [0.25, 0.3) is 10.9 Å². The summed E-state index contributed by atoms with van der Waals surface area (Å²) in [6.07, 6.45) is -4.94. The monoisotopic (exact) mass is 365 g/mol. The third kappa shape index (κ3) is 3.42. The van der Waals surface area contributed by atoms with Crippen LogP contribution in [-0.2, 0) is 6.54 Å². The molecule has 136 valence electrons. The van der Waals surface area contributed by atoms with Crippen LogP contribution in [0.2, 0.25) is 0 Å². The summed E-state index contributed by atoms with van der Waals surface area (Å²) in [6.45, 7) is 1.89. The third-order valence-electron chi connectivity index (χ3n) is 4.11. The molecule has 0 aliphatic carbocycles. The zero-order valence-corrected chi connectivity index (χ0v) is 13.8. The molecular formula is C19H15F4NO2. The fraction of sp³-hybridized carbons (Fsp3) is 0.211. The molecule has 0 N–H and O–H groups in total. The molecule has 0 aliphatic rings. The molecule has 26 heavy (non-hydrogen) atoms. The molecule has 0 radical (unpaired) electrons. The van der Waals surface area contributed by atoms with Crippen molar-refractivity contribution in [3.8, 4) is 5.75 Å². The first-order valence-electron chi connectivity index (χ1n) is 7.87. The summed E-state index contributed by atoms with van der Waals surface area (Å²) in [5.41, 5.74) is 0.423. The summed E-state index contributed by atoms with van der Waals surface area (Å²) in [5, 5.41) is 0.258. The highest BCUT2D eigenvalue weighted by Crippen LogP contribution is 2.31. The maximum absolute atomic E-state index is 12.9. The summed E-state index contributed by atoms with van der Waals surface area (Å²) in [4.78, 5) is 11.8. The Morgan fingerprint density at radius 2 is 1.73 bits per heavy atom. The van der Waals surface area contributed by atoms with E-state index in [1.165, 1.54) is 37.3 Å². The molecule has 0 bridgehead atoms. The Hall–Kier alpha value is -2.83. The van der Waals surface area contributed by atoms with Gasteiger partial charge in [0.2, 0.25) is 0 Å². The highest BCUT2D eigenvalue weighted by molar-refractivity contribution is 6.12. The van der Waals surface area contributed by atoms with Crippen molar-refractivity contribution in [2.75, 3.05) is 6.61 Å². The number of ether oxygens (including phenoxy) is 1. The van der Waals surface area contributed by atoms with E-state index in [1.807, 2.05) is 0 Å². The molecule has 1 heterocycles. The van der Waals surface area contributed by atoms with Crippen molar-refractivity contribution in [3.05, 3.63) is 65.6 Å². The van der Waals surface area contributed by atoms with Gasteiger partial charge < -0.3 is 9.30 Å². The van der Waals surface area contributed by atoms with E-state index in [9.17, 15) is 22.4 Å². The Morgan fingerprint density at radius 1 is 1.08 bits per heavy atom. The molecule has 0 amide bonds. The van der Waals surface area contributed by atoms with Crippen molar-refractivity contribution in [3.63, 3.8) is 0 Å². The summed E-state index contributed by atoms with van der Waals surface area (Å²) >= 11 is 0. The number of carbonyl (C=O) groups excluding carboxylic acids is 1. The molecule has 0 fully saturated rings. The Morgan fingerprint density at radius 3 is 2.38 bits per heavy atom. The smallest absolute Gasteiger partial charge is 0.454 e. The maximum atomic E-state index is 12.9. The van der Waals surface area contributed by atoms with E-state index in [4.69, 9.17) is 4.74 Å². The SMILES string of the molecule is Cc1c(C(=O)C(F)(F)F)c2ccccc2n1CCOc1ccc(F)cc1. The third-order valence-corrected chi connectivity index (χ3v) is 4.11. The molecule has 3 aromatic rings. The molecule has 0 aliphatic heterocycles. The van der Waals surface area contributed by atoms with Gasteiger partial charge in [-0.05, 0) is 37.3 Å². The lowest BCUT2D eigenvalue weighted by atomic mass is 10.1. The molecule has 3 rings (SSSR count). The standard InChI is InChI=1S/C19H15F4NO2/c1-12-17(18(25)19(21,22)23)15-4-2-3-5-16(15)24(12)10-11-26-14-8-6-13(20)7-9-14/h2-9H,10-11H2,1H3. The summed E-state index contributed by atoms with van der Waals surface area (Å²) in [7, 11) is 0. The highest BCUT2D eigenvalue weighted by atomic mass is 19.4. The van der Waals surface area contributed by atoms with E-state index in [1.54, 1.807) is 22.8 Å². The number of hydrogen-bond donors (Lipinski definition) is 0. The first-order chi connectivity index (χ1) is 12.3. The summed E-state index contributed by atoms with van der Waals surface area (Å²) in [5.74, 6) is -1.79. The molecule has 7 heteroatoms. The van der Waals surface area contributed by atoms with Gasteiger partial charge in [-0.25, -0.2) is 4.39 Å². The van der Waals surface area contributed by atoms with Crippen LogP contribution in [0.15, 0.2) is 48.5 Å². The van der Waals surface area contributed by atoms with Crippen LogP contribution in [-0.4, -0.2) is 23.1 Å². The van der Waals surface area contributed by atoms with Crippen molar-refractivity contribution in [2.24, 2.45) is 0 Å². The lowest BCUT2D eigenvalue weighted by Gasteiger charge is -2.11. The molecule has 0 saturated heterocycles. The average Bonchev–Trinajstić information content (AvgIpc) is 2.87. The van der Waals surface area contributed by atoms with Gasteiger partial charge in [0.1, 0.15) is 18.2 Å². The van der Waals surface area contributed by atoms with Gasteiger partial charge in [0.15, 0.2) is 0 Å². The van der Waals surface area contributed by atoms with Crippen LogP contribution in [0.1, 0.15) is 16.1 Å². The van der Waals surface area contributed by atoms with E-state index in [-0.39, 0.29) is 35.6 Å². The van der Waals surface area contributed by atoms with Crippen LogP contribution in [0.3, 0.4) is 0 Å². The fourth-order valence-electron chi connectivity index (χ4n) is 2.93. The van der Waals surface area contributed by atoms with Gasteiger partial charge in [-0.2, -0.15) is 13.2 Å². The van der Waals surface area contributed by atoms with Crippen molar-refractivity contribution in [1.82, 2.24) is 4.57 Å². The van der Waals surface area contributed by atoms with Gasteiger partial charge in [-0.3, -0.25) is 4.79 Å². The number of ketones is 1. The van der Waals surface area contributed by atoms with Crippen LogP contribution in [0, 0.1) is 12.7 Å².